The lowest BCUT2D eigenvalue weighted by molar-refractivity contribution is -0.121. The molecule has 0 radical (unpaired) electrons. The molecule has 0 heterocycles. The van der Waals surface area contributed by atoms with Gasteiger partial charge in [-0.25, -0.2) is 0 Å². The van der Waals surface area contributed by atoms with Crippen LogP contribution in [0, 0.1) is 5.92 Å². The standard InChI is InChI=1S/C6H13NOS/c1-5(6(7)8)3-2-4-9/h5,9H,2-4H2,1H3,(H2,7,8)/t5-/m1/s1. The molecule has 2 N–H and O–H groups in total. The monoisotopic (exact) mass is 147 g/mol. The molecule has 0 aliphatic heterocycles. The Morgan fingerprint density at radius 1 is 1.78 bits per heavy atom. The summed E-state index contributed by atoms with van der Waals surface area (Å²) in [5.41, 5.74) is 5.01. The molecule has 0 saturated carbocycles. The highest BCUT2D eigenvalue weighted by molar-refractivity contribution is 7.80. The maximum Gasteiger partial charge on any atom is 0.220 e. The van der Waals surface area contributed by atoms with Crippen LogP contribution in [0.2, 0.25) is 0 Å². The lowest BCUT2D eigenvalue weighted by Gasteiger charge is -2.03. The van der Waals surface area contributed by atoms with Gasteiger partial charge in [0.2, 0.25) is 5.91 Å². The van der Waals surface area contributed by atoms with E-state index in [0.717, 1.165) is 18.6 Å². The van der Waals surface area contributed by atoms with E-state index in [9.17, 15) is 4.79 Å². The molecule has 1 amide bonds. The highest BCUT2D eigenvalue weighted by Gasteiger charge is 2.05. The number of hydrogen-bond acceptors (Lipinski definition) is 2. The Balaban J connectivity index is 3.27. The molecule has 9 heavy (non-hydrogen) atoms. The van der Waals surface area contributed by atoms with Crippen molar-refractivity contribution in [2.45, 2.75) is 19.8 Å². The van der Waals surface area contributed by atoms with Gasteiger partial charge in [0.1, 0.15) is 0 Å². The molecule has 0 aromatic rings. The Labute approximate surface area is 61.2 Å². The van der Waals surface area contributed by atoms with Gasteiger partial charge in [-0.05, 0) is 18.6 Å². The van der Waals surface area contributed by atoms with E-state index in [-0.39, 0.29) is 11.8 Å². The van der Waals surface area contributed by atoms with Crippen LogP contribution < -0.4 is 5.73 Å². The number of amides is 1. The van der Waals surface area contributed by atoms with Crippen LogP contribution in [0.4, 0.5) is 0 Å². The average molecular weight is 147 g/mol. The molecular formula is C6H13NOS. The van der Waals surface area contributed by atoms with Gasteiger partial charge < -0.3 is 5.73 Å². The Hall–Kier alpha value is -0.180. The zero-order valence-electron chi connectivity index (χ0n) is 5.63. The molecule has 0 rings (SSSR count). The number of primary amides is 1. The summed E-state index contributed by atoms with van der Waals surface area (Å²) in [4.78, 5) is 10.4. The first-order chi connectivity index (χ1) is 4.18. The highest BCUT2D eigenvalue weighted by atomic mass is 32.1. The van der Waals surface area contributed by atoms with Gasteiger partial charge in [0.25, 0.3) is 0 Å². The van der Waals surface area contributed by atoms with Gasteiger partial charge in [0.15, 0.2) is 0 Å². The number of thiol groups is 1. The van der Waals surface area contributed by atoms with Crippen molar-refractivity contribution in [3.05, 3.63) is 0 Å². The first-order valence-electron chi connectivity index (χ1n) is 3.08. The lowest BCUT2D eigenvalue weighted by Crippen LogP contribution is -2.20. The summed E-state index contributed by atoms with van der Waals surface area (Å²) in [5.74, 6) is 0.631. The van der Waals surface area contributed by atoms with E-state index in [1.807, 2.05) is 6.92 Å². The number of rotatable bonds is 4. The van der Waals surface area contributed by atoms with E-state index in [4.69, 9.17) is 5.73 Å². The number of nitrogens with two attached hydrogens (primary N) is 1. The summed E-state index contributed by atoms with van der Waals surface area (Å²) >= 11 is 4.01. The van der Waals surface area contributed by atoms with Crippen LogP contribution >= 0.6 is 12.6 Å². The van der Waals surface area contributed by atoms with Crippen LogP contribution in [-0.4, -0.2) is 11.7 Å². The molecule has 0 spiro atoms. The van der Waals surface area contributed by atoms with Crippen LogP contribution in [0.5, 0.6) is 0 Å². The molecule has 3 heteroatoms. The van der Waals surface area contributed by atoms with Crippen LogP contribution in [0.1, 0.15) is 19.8 Å². The molecule has 0 aliphatic rings. The highest BCUT2D eigenvalue weighted by Crippen LogP contribution is 2.04. The lowest BCUT2D eigenvalue weighted by atomic mass is 10.1. The minimum absolute atomic E-state index is 0.0112. The summed E-state index contributed by atoms with van der Waals surface area (Å²) in [6, 6.07) is 0. The van der Waals surface area contributed by atoms with Gasteiger partial charge in [-0.3, -0.25) is 4.79 Å². The summed E-state index contributed by atoms with van der Waals surface area (Å²) in [7, 11) is 0. The van der Waals surface area contributed by atoms with E-state index in [1.54, 1.807) is 0 Å². The average Bonchev–Trinajstić information content (AvgIpc) is 1.82. The van der Waals surface area contributed by atoms with Crippen molar-refractivity contribution >= 4 is 18.5 Å². The van der Waals surface area contributed by atoms with Crippen molar-refractivity contribution in [2.75, 3.05) is 5.75 Å². The molecule has 0 saturated heterocycles. The van der Waals surface area contributed by atoms with Gasteiger partial charge in [-0.15, -0.1) is 0 Å². The zero-order chi connectivity index (χ0) is 7.28. The molecule has 2 nitrogen and oxygen atoms in total. The van der Waals surface area contributed by atoms with Crippen LogP contribution in [-0.2, 0) is 4.79 Å². The SMILES string of the molecule is C[C@H](CCCS)C(N)=O. The van der Waals surface area contributed by atoms with Crippen LogP contribution in [0.15, 0.2) is 0 Å². The number of hydrogen-bond donors (Lipinski definition) is 2. The molecule has 1 atom stereocenters. The number of carbonyl (C=O) groups excluding carboxylic acids is 1. The molecule has 0 unspecified atom stereocenters. The zero-order valence-corrected chi connectivity index (χ0v) is 6.53. The summed E-state index contributed by atoms with van der Waals surface area (Å²) < 4.78 is 0. The van der Waals surface area contributed by atoms with Crippen molar-refractivity contribution in [3.8, 4) is 0 Å². The smallest absolute Gasteiger partial charge is 0.220 e. The molecular weight excluding hydrogens is 134 g/mol. The summed E-state index contributed by atoms with van der Waals surface area (Å²) in [5, 5.41) is 0. The first-order valence-corrected chi connectivity index (χ1v) is 3.72. The molecule has 54 valence electrons. The van der Waals surface area contributed by atoms with Gasteiger partial charge in [0, 0.05) is 5.92 Å². The predicted molar refractivity (Wildman–Crippen MR) is 41.4 cm³/mol. The third kappa shape index (κ3) is 4.33. The summed E-state index contributed by atoms with van der Waals surface area (Å²) in [6.45, 7) is 1.84. The molecule has 0 aromatic carbocycles. The van der Waals surface area contributed by atoms with Crippen molar-refractivity contribution in [1.29, 1.82) is 0 Å². The van der Waals surface area contributed by atoms with E-state index in [2.05, 4.69) is 12.6 Å². The fourth-order valence-electron chi connectivity index (χ4n) is 0.540. The minimum atomic E-state index is -0.211. The second-order valence-electron chi connectivity index (χ2n) is 2.17. The van der Waals surface area contributed by atoms with Crippen molar-refractivity contribution in [1.82, 2.24) is 0 Å². The fraction of sp³-hybridized carbons (Fsp3) is 0.833. The fourth-order valence-corrected chi connectivity index (χ4v) is 0.722. The Morgan fingerprint density at radius 3 is 2.67 bits per heavy atom. The minimum Gasteiger partial charge on any atom is -0.369 e. The molecule has 0 aromatic heterocycles. The van der Waals surface area contributed by atoms with E-state index < -0.39 is 0 Å². The normalized spacial score (nSPS) is 13.1. The third-order valence-corrected chi connectivity index (χ3v) is 1.60. The van der Waals surface area contributed by atoms with Gasteiger partial charge in [-0.1, -0.05) is 6.92 Å². The van der Waals surface area contributed by atoms with Crippen molar-refractivity contribution in [3.63, 3.8) is 0 Å². The van der Waals surface area contributed by atoms with E-state index >= 15 is 0 Å². The quantitative estimate of drug-likeness (QED) is 0.568. The molecule has 0 bridgehead atoms. The second kappa shape index (κ2) is 4.68. The van der Waals surface area contributed by atoms with Crippen LogP contribution in [0.3, 0.4) is 0 Å². The predicted octanol–water partition coefficient (Wildman–Crippen LogP) is 0.818. The maximum absolute atomic E-state index is 10.4. The van der Waals surface area contributed by atoms with Crippen molar-refractivity contribution < 1.29 is 4.79 Å². The second-order valence-corrected chi connectivity index (χ2v) is 2.62. The van der Waals surface area contributed by atoms with Crippen LogP contribution in [0.25, 0.3) is 0 Å². The van der Waals surface area contributed by atoms with E-state index in [0.29, 0.717) is 0 Å². The molecule has 0 aliphatic carbocycles. The summed E-state index contributed by atoms with van der Waals surface area (Å²) in [6.07, 6.45) is 1.83. The third-order valence-electron chi connectivity index (χ3n) is 1.28. The maximum atomic E-state index is 10.4. The first kappa shape index (κ1) is 8.82. The largest absolute Gasteiger partial charge is 0.369 e. The Morgan fingerprint density at radius 2 is 2.33 bits per heavy atom. The topological polar surface area (TPSA) is 43.1 Å². The van der Waals surface area contributed by atoms with Gasteiger partial charge >= 0.3 is 0 Å². The van der Waals surface area contributed by atoms with E-state index in [1.165, 1.54) is 0 Å². The van der Waals surface area contributed by atoms with Gasteiger partial charge in [-0.2, -0.15) is 12.6 Å². The van der Waals surface area contributed by atoms with Crippen molar-refractivity contribution in [2.24, 2.45) is 11.7 Å². The molecule has 0 fully saturated rings. The Kier molecular flexibility index (Phi) is 4.58. The Bertz CT molecular complexity index is 95.1. The van der Waals surface area contributed by atoms with Gasteiger partial charge in [0.05, 0.1) is 0 Å². The number of carbonyl (C=O) groups is 1.